The van der Waals surface area contributed by atoms with Gasteiger partial charge in [-0.15, -0.1) is 0 Å². The van der Waals surface area contributed by atoms with Gasteiger partial charge < -0.3 is 11.1 Å². The van der Waals surface area contributed by atoms with Crippen molar-refractivity contribution in [3.05, 3.63) is 35.4 Å². The van der Waals surface area contributed by atoms with Crippen molar-refractivity contribution in [3.63, 3.8) is 0 Å². The number of rotatable bonds is 3. The quantitative estimate of drug-likeness (QED) is 0.895. The van der Waals surface area contributed by atoms with Crippen LogP contribution in [0.4, 0.5) is 8.78 Å². The number of amides is 1. The summed E-state index contributed by atoms with van der Waals surface area (Å²) in [6, 6.07) is 3.60. The van der Waals surface area contributed by atoms with Crippen LogP contribution in [-0.4, -0.2) is 18.0 Å². The van der Waals surface area contributed by atoms with E-state index in [0.717, 1.165) is 31.7 Å². The molecule has 0 spiro atoms. The molecule has 1 saturated carbocycles. The SMILES string of the molecule is CC1CCCC(CN)(NC(=O)c2cccc(F)c2F)C1. The summed E-state index contributed by atoms with van der Waals surface area (Å²) in [5.74, 6) is -2.26. The molecule has 0 radical (unpaired) electrons. The first-order valence-electron chi connectivity index (χ1n) is 6.94. The van der Waals surface area contributed by atoms with Crippen LogP contribution in [0.1, 0.15) is 43.0 Å². The molecule has 2 atom stereocenters. The number of carbonyl (C=O) groups is 1. The molecule has 1 aliphatic carbocycles. The second kappa shape index (κ2) is 5.87. The monoisotopic (exact) mass is 282 g/mol. The molecule has 0 saturated heterocycles. The molecular formula is C15H20F2N2O. The highest BCUT2D eigenvalue weighted by Crippen LogP contribution is 2.32. The van der Waals surface area contributed by atoms with Crippen LogP contribution >= 0.6 is 0 Å². The van der Waals surface area contributed by atoms with Gasteiger partial charge in [0.25, 0.3) is 5.91 Å². The summed E-state index contributed by atoms with van der Waals surface area (Å²) in [5.41, 5.74) is 5.04. The molecule has 0 aromatic heterocycles. The van der Waals surface area contributed by atoms with Gasteiger partial charge >= 0.3 is 0 Å². The highest BCUT2D eigenvalue weighted by molar-refractivity contribution is 5.95. The fourth-order valence-electron chi connectivity index (χ4n) is 3.00. The van der Waals surface area contributed by atoms with E-state index in [0.29, 0.717) is 12.5 Å². The molecule has 3 N–H and O–H groups in total. The zero-order valence-corrected chi connectivity index (χ0v) is 11.6. The van der Waals surface area contributed by atoms with Crippen LogP contribution in [0.3, 0.4) is 0 Å². The summed E-state index contributed by atoms with van der Waals surface area (Å²) in [4.78, 5) is 12.2. The number of hydrogen-bond donors (Lipinski definition) is 2. The topological polar surface area (TPSA) is 55.1 Å². The van der Waals surface area contributed by atoms with Crippen molar-refractivity contribution in [1.82, 2.24) is 5.32 Å². The minimum absolute atomic E-state index is 0.268. The average Bonchev–Trinajstić information content (AvgIpc) is 2.41. The summed E-state index contributed by atoms with van der Waals surface area (Å²) in [6.45, 7) is 2.42. The maximum atomic E-state index is 13.6. The van der Waals surface area contributed by atoms with E-state index >= 15 is 0 Å². The summed E-state index contributed by atoms with van der Waals surface area (Å²) >= 11 is 0. The van der Waals surface area contributed by atoms with Gasteiger partial charge in [0, 0.05) is 6.54 Å². The van der Waals surface area contributed by atoms with Crippen LogP contribution in [0.15, 0.2) is 18.2 Å². The van der Waals surface area contributed by atoms with E-state index in [1.165, 1.54) is 12.1 Å². The zero-order valence-electron chi connectivity index (χ0n) is 11.6. The first kappa shape index (κ1) is 14.9. The Morgan fingerprint density at radius 1 is 1.50 bits per heavy atom. The van der Waals surface area contributed by atoms with Crippen molar-refractivity contribution >= 4 is 5.91 Å². The van der Waals surface area contributed by atoms with Crippen LogP contribution < -0.4 is 11.1 Å². The van der Waals surface area contributed by atoms with E-state index < -0.39 is 23.1 Å². The Labute approximate surface area is 117 Å². The molecule has 1 aromatic carbocycles. The van der Waals surface area contributed by atoms with E-state index in [2.05, 4.69) is 12.2 Å². The second-order valence-electron chi connectivity index (χ2n) is 5.74. The van der Waals surface area contributed by atoms with Gasteiger partial charge in [0.15, 0.2) is 11.6 Å². The van der Waals surface area contributed by atoms with Gasteiger partial charge in [0.1, 0.15) is 0 Å². The normalized spacial score (nSPS) is 26.3. The third kappa shape index (κ3) is 2.98. The molecule has 3 nitrogen and oxygen atoms in total. The summed E-state index contributed by atoms with van der Waals surface area (Å²) in [5, 5.41) is 2.83. The molecule has 2 rings (SSSR count). The molecule has 1 fully saturated rings. The van der Waals surface area contributed by atoms with Gasteiger partial charge in [0.2, 0.25) is 0 Å². The van der Waals surface area contributed by atoms with Crippen molar-refractivity contribution in [2.24, 2.45) is 11.7 Å². The van der Waals surface area contributed by atoms with Crippen molar-refractivity contribution in [2.45, 2.75) is 38.1 Å². The van der Waals surface area contributed by atoms with E-state index in [1.807, 2.05) is 0 Å². The summed E-state index contributed by atoms with van der Waals surface area (Å²) in [7, 11) is 0. The van der Waals surface area contributed by atoms with Gasteiger partial charge in [-0.2, -0.15) is 0 Å². The van der Waals surface area contributed by atoms with Crippen molar-refractivity contribution in [2.75, 3.05) is 6.54 Å². The Morgan fingerprint density at radius 3 is 2.90 bits per heavy atom. The molecule has 0 aliphatic heterocycles. The molecule has 1 amide bonds. The first-order chi connectivity index (χ1) is 9.47. The molecule has 1 aromatic rings. The number of hydrogen-bond acceptors (Lipinski definition) is 2. The fourth-order valence-corrected chi connectivity index (χ4v) is 3.00. The molecule has 0 heterocycles. The van der Waals surface area contributed by atoms with Crippen molar-refractivity contribution in [1.29, 1.82) is 0 Å². The molecule has 5 heteroatoms. The molecule has 20 heavy (non-hydrogen) atoms. The number of benzene rings is 1. The van der Waals surface area contributed by atoms with Gasteiger partial charge in [-0.3, -0.25) is 4.79 Å². The number of halogens is 2. The maximum absolute atomic E-state index is 13.6. The predicted molar refractivity (Wildman–Crippen MR) is 73.2 cm³/mol. The Kier molecular flexibility index (Phi) is 4.38. The minimum Gasteiger partial charge on any atom is -0.345 e. The highest BCUT2D eigenvalue weighted by atomic mass is 19.2. The maximum Gasteiger partial charge on any atom is 0.254 e. The van der Waals surface area contributed by atoms with Crippen LogP contribution in [0.5, 0.6) is 0 Å². The van der Waals surface area contributed by atoms with Crippen molar-refractivity contribution in [3.8, 4) is 0 Å². The second-order valence-corrected chi connectivity index (χ2v) is 5.74. The van der Waals surface area contributed by atoms with E-state index in [4.69, 9.17) is 5.73 Å². The molecule has 0 bridgehead atoms. The Bertz CT molecular complexity index is 507. The largest absolute Gasteiger partial charge is 0.345 e. The van der Waals surface area contributed by atoms with Gasteiger partial charge in [0.05, 0.1) is 11.1 Å². The van der Waals surface area contributed by atoms with Crippen LogP contribution in [0.25, 0.3) is 0 Å². The standard InChI is InChI=1S/C15H20F2N2O/c1-10-4-3-7-15(8-10,9-18)19-14(20)11-5-2-6-12(16)13(11)17/h2,5-6,10H,3-4,7-9,18H2,1H3,(H,19,20). The molecule has 2 unspecified atom stereocenters. The van der Waals surface area contributed by atoms with Crippen LogP contribution in [0, 0.1) is 17.6 Å². The zero-order chi connectivity index (χ0) is 14.8. The smallest absolute Gasteiger partial charge is 0.254 e. The van der Waals surface area contributed by atoms with Crippen LogP contribution in [-0.2, 0) is 0 Å². The van der Waals surface area contributed by atoms with Gasteiger partial charge in [-0.05, 0) is 30.9 Å². The predicted octanol–water partition coefficient (Wildman–Crippen LogP) is 2.60. The number of carbonyl (C=O) groups excluding carboxylic acids is 1. The lowest BCUT2D eigenvalue weighted by atomic mass is 9.76. The average molecular weight is 282 g/mol. The summed E-state index contributed by atoms with van der Waals surface area (Å²) in [6.07, 6.45) is 3.62. The van der Waals surface area contributed by atoms with E-state index in [9.17, 15) is 13.6 Å². The fraction of sp³-hybridized carbons (Fsp3) is 0.533. The molecular weight excluding hydrogens is 262 g/mol. The Hall–Kier alpha value is -1.49. The number of nitrogens with one attached hydrogen (secondary N) is 1. The first-order valence-corrected chi connectivity index (χ1v) is 6.94. The Morgan fingerprint density at radius 2 is 2.25 bits per heavy atom. The van der Waals surface area contributed by atoms with E-state index in [-0.39, 0.29) is 5.56 Å². The third-order valence-corrected chi connectivity index (χ3v) is 4.06. The summed E-state index contributed by atoms with van der Waals surface area (Å²) < 4.78 is 26.8. The molecule has 1 aliphatic rings. The number of nitrogens with two attached hydrogens (primary N) is 1. The minimum atomic E-state index is -1.11. The lowest BCUT2D eigenvalue weighted by Crippen LogP contribution is -2.56. The van der Waals surface area contributed by atoms with Crippen molar-refractivity contribution < 1.29 is 13.6 Å². The third-order valence-electron chi connectivity index (χ3n) is 4.06. The lowest BCUT2D eigenvalue weighted by Gasteiger charge is -2.40. The highest BCUT2D eigenvalue weighted by Gasteiger charge is 2.35. The van der Waals surface area contributed by atoms with Gasteiger partial charge in [-0.25, -0.2) is 8.78 Å². The van der Waals surface area contributed by atoms with Crippen LogP contribution in [0.2, 0.25) is 0 Å². The molecule has 110 valence electrons. The Balaban J connectivity index is 2.19. The van der Waals surface area contributed by atoms with Gasteiger partial charge in [-0.1, -0.05) is 25.8 Å². The van der Waals surface area contributed by atoms with E-state index in [1.54, 1.807) is 0 Å². The lowest BCUT2D eigenvalue weighted by molar-refractivity contribution is 0.0848.